The third-order valence-electron chi connectivity index (χ3n) is 4.02. The summed E-state index contributed by atoms with van der Waals surface area (Å²) in [5.74, 6) is -1.31. The third kappa shape index (κ3) is 4.01. The molecule has 0 spiro atoms. The van der Waals surface area contributed by atoms with Gasteiger partial charge in [0, 0.05) is 18.9 Å². The van der Waals surface area contributed by atoms with E-state index < -0.39 is 11.8 Å². The first-order valence-corrected chi connectivity index (χ1v) is 8.10. The topological polar surface area (TPSA) is 71.1 Å². The van der Waals surface area contributed by atoms with Crippen molar-refractivity contribution in [1.29, 1.82) is 0 Å². The van der Waals surface area contributed by atoms with E-state index in [2.05, 4.69) is 15.6 Å². The minimum atomic E-state index is -0.657. The average molecular weight is 333 g/mol. The van der Waals surface area contributed by atoms with Crippen molar-refractivity contribution in [3.05, 3.63) is 78.1 Å². The quantitative estimate of drug-likeness (QED) is 0.721. The molecule has 5 heteroatoms. The molecule has 0 saturated heterocycles. The van der Waals surface area contributed by atoms with Gasteiger partial charge in [0.15, 0.2) is 0 Å². The van der Waals surface area contributed by atoms with E-state index in [-0.39, 0.29) is 12.6 Å². The van der Waals surface area contributed by atoms with Crippen LogP contribution in [-0.4, -0.2) is 16.8 Å². The summed E-state index contributed by atoms with van der Waals surface area (Å²) < 4.78 is 0. The van der Waals surface area contributed by atoms with Crippen molar-refractivity contribution in [2.75, 3.05) is 0 Å². The lowest BCUT2D eigenvalue weighted by atomic mass is 10.00. The molecule has 0 aliphatic heterocycles. The number of carbonyl (C=O) groups is 2. The Labute approximate surface area is 146 Å². The summed E-state index contributed by atoms with van der Waals surface area (Å²) in [5, 5.41) is 7.52. The van der Waals surface area contributed by atoms with Crippen LogP contribution in [0.4, 0.5) is 0 Å². The maximum Gasteiger partial charge on any atom is 0.309 e. The fourth-order valence-corrected chi connectivity index (χ4v) is 2.73. The first-order valence-electron chi connectivity index (χ1n) is 8.10. The lowest BCUT2D eigenvalue weighted by Gasteiger charge is -2.16. The highest BCUT2D eigenvalue weighted by molar-refractivity contribution is 6.35. The van der Waals surface area contributed by atoms with Gasteiger partial charge in [0.2, 0.25) is 0 Å². The molecular weight excluding hydrogens is 314 g/mol. The zero-order chi connectivity index (χ0) is 17.6. The van der Waals surface area contributed by atoms with Crippen LogP contribution in [0.3, 0.4) is 0 Å². The van der Waals surface area contributed by atoms with Gasteiger partial charge in [-0.2, -0.15) is 0 Å². The Balaban J connectivity index is 1.64. The molecule has 126 valence electrons. The van der Waals surface area contributed by atoms with Gasteiger partial charge >= 0.3 is 11.8 Å². The molecule has 0 radical (unpaired) electrons. The molecule has 2 aromatic carbocycles. The number of amides is 2. The number of benzene rings is 2. The van der Waals surface area contributed by atoms with Crippen LogP contribution < -0.4 is 10.6 Å². The molecule has 5 nitrogen and oxygen atoms in total. The van der Waals surface area contributed by atoms with Gasteiger partial charge in [-0.1, -0.05) is 48.5 Å². The third-order valence-corrected chi connectivity index (χ3v) is 4.02. The van der Waals surface area contributed by atoms with E-state index in [1.165, 1.54) is 0 Å². The fraction of sp³-hybridized carbons (Fsp3) is 0.150. The molecule has 0 bridgehead atoms. The second-order valence-electron chi connectivity index (χ2n) is 5.81. The first kappa shape index (κ1) is 16.6. The molecule has 0 unspecified atom stereocenters. The number of nitrogens with one attached hydrogen (secondary N) is 2. The molecular formula is C20H19N3O2. The van der Waals surface area contributed by atoms with E-state index in [0.29, 0.717) is 0 Å². The highest BCUT2D eigenvalue weighted by Gasteiger charge is 2.17. The van der Waals surface area contributed by atoms with Crippen LogP contribution in [0.15, 0.2) is 67.0 Å². The lowest BCUT2D eigenvalue weighted by molar-refractivity contribution is -0.139. The summed E-state index contributed by atoms with van der Waals surface area (Å²) in [4.78, 5) is 28.1. The van der Waals surface area contributed by atoms with Crippen LogP contribution >= 0.6 is 0 Å². The summed E-state index contributed by atoms with van der Waals surface area (Å²) in [5.41, 5.74) is 1.82. The van der Waals surface area contributed by atoms with Crippen molar-refractivity contribution < 1.29 is 9.59 Å². The molecule has 3 rings (SSSR count). The van der Waals surface area contributed by atoms with Crippen LogP contribution in [-0.2, 0) is 16.1 Å². The molecule has 0 saturated carbocycles. The number of carbonyl (C=O) groups excluding carboxylic acids is 2. The second kappa shape index (κ2) is 7.57. The normalized spacial score (nSPS) is 11.7. The summed E-state index contributed by atoms with van der Waals surface area (Å²) in [6.45, 7) is 2.14. The summed E-state index contributed by atoms with van der Waals surface area (Å²) in [6, 6.07) is 17.2. The van der Waals surface area contributed by atoms with E-state index in [0.717, 1.165) is 21.9 Å². The Morgan fingerprint density at radius 2 is 1.80 bits per heavy atom. The summed E-state index contributed by atoms with van der Waals surface area (Å²) in [6.07, 6.45) is 3.31. The van der Waals surface area contributed by atoms with Crippen molar-refractivity contribution in [3.8, 4) is 0 Å². The Bertz CT molecular complexity index is 888. The van der Waals surface area contributed by atoms with Crippen LogP contribution in [0.5, 0.6) is 0 Å². The number of rotatable bonds is 4. The number of nitrogens with zero attached hydrogens (tertiary/aromatic N) is 1. The van der Waals surface area contributed by atoms with Gasteiger partial charge in [-0.25, -0.2) is 0 Å². The fourth-order valence-electron chi connectivity index (χ4n) is 2.73. The van der Waals surface area contributed by atoms with Gasteiger partial charge in [-0.05, 0) is 34.9 Å². The van der Waals surface area contributed by atoms with E-state index in [1.54, 1.807) is 18.5 Å². The molecule has 3 aromatic rings. The minimum Gasteiger partial charge on any atom is -0.344 e. The number of hydrogen-bond acceptors (Lipinski definition) is 3. The monoisotopic (exact) mass is 333 g/mol. The summed E-state index contributed by atoms with van der Waals surface area (Å²) >= 11 is 0. The zero-order valence-corrected chi connectivity index (χ0v) is 13.9. The van der Waals surface area contributed by atoms with Crippen molar-refractivity contribution in [1.82, 2.24) is 15.6 Å². The van der Waals surface area contributed by atoms with E-state index >= 15 is 0 Å². The minimum absolute atomic E-state index is 0.267. The van der Waals surface area contributed by atoms with Crippen LogP contribution in [0.25, 0.3) is 10.8 Å². The number of pyridine rings is 1. The Morgan fingerprint density at radius 3 is 2.60 bits per heavy atom. The second-order valence-corrected chi connectivity index (χ2v) is 5.81. The smallest absolute Gasteiger partial charge is 0.309 e. The maximum atomic E-state index is 12.1. The van der Waals surface area contributed by atoms with Gasteiger partial charge in [0.25, 0.3) is 0 Å². The predicted molar refractivity (Wildman–Crippen MR) is 96.6 cm³/mol. The molecule has 2 amide bonds. The van der Waals surface area contributed by atoms with E-state index in [4.69, 9.17) is 0 Å². The Kier molecular flexibility index (Phi) is 5.04. The van der Waals surface area contributed by atoms with Crippen LogP contribution in [0.1, 0.15) is 24.1 Å². The predicted octanol–water partition coefficient (Wildman–Crippen LogP) is 2.73. The van der Waals surface area contributed by atoms with E-state index in [9.17, 15) is 9.59 Å². The van der Waals surface area contributed by atoms with E-state index in [1.807, 2.05) is 55.5 Å². The van der Waals surface area contributed by atoms with Crippen molar-refractivity contribution >= 4 is 22.6 Å². The largest absolute Gasteiger partial charge is 0.344 e. The molecule has 1 aromatic heterocycles. The van der Waals surface area contributed by atoms with Crippen LogP contribution in [0.2, 0.25) is 0 Å². The standard InChI is InChI=1S/C20H19N3O2/c1-14(17-10-4-8-16-7-2-3-9-18(16)17)23-20(25)19(24)22-13-15-6-5-11-21-12-15/h2-12,14H,13H2,1H3,(H,22,24)(H,23,25)/t14-/m0/s1. The average Bonchev–Trinajstić information content (AvgIpc) is 2.66. The van der Waals surface area contributed by atoms with Crippen molar-refractivity contribution in [3.63, 3.8) is 0 Å². The molecule has 1 heterocycles. The van der Waals surface area contributed by atoms with Crippen LogP contribution in [0, 0.1) is 0 Å². The maximum absolute atomic E-state index is 12.1. The number of aromatic nitrogens is 1. The first-order chi connectivity index (χ1) is 12.1. The molecule has 1 atom stereocenters. The zero-order valence-electron chi connectivity index (χ0n) is 13.9. The molecule has 0 fully saturated rings. The van der Waals surface area contributed by atoms with Gasteiger partial charge < -0.3 is 10.6 Å². The molecule has 0 aliphatic carbocycles. The summed E-state index contributed by atoms with van der Waals surface area (Å²) in [7, 11) is 0. The lowest BCUT2D eigenvalue weighted by Crippen LogP contribution is -2.40. The molecule has 25 heavy (non-hydrogen) atoms. The van der Waals surface area contributed by atoms with Gasteiger partial charge in [-0.3, -0.25) is 14.6 Å². The Hall–Kier alpha value is -3.21. The van der Waals surface area contributed by atoms with Gasteiger partial charge in [-0.15, -0.1) is 0 Å². The number of hydrogen-bond donors (Lipinski definition) is 2. The van der Waals surface area contributed by atoms with Crippen molar-refractivity contribution in [2.24, 2.45) is 0 Å². The SMILES string of the molecule is C[C@H](NC(=O)C(=O)NCc1cccnc1)c1cccc2ccccc12. The highest BCUT2D eigenvalue weighted by atomic mass is 16.2. The highest BCUT2D eigenvalue weighted by Crippen LogP contribution is 2.23. The van der Waals surface area contributed by atoms with Gasteiger partial charge in [0.1, 0.15) is 0 Å². The molecule has 0 aliphatic rings. The Morgan fingerprint density at radius 1 is 1.00 bits per heavy atom. The molecule has 2 N–H and O–H groups in total. The van der Waals surface area contributed by atoms with Gasteiger partial charge in [0.05, 0.1) is 6.04 Å². The number of fused-ring (bicyclic) bond motifs is 1. The van der Waals surface area contributed by atoms with Crippen molar-refractivity contribution in [2.45, 2.75) is 19.5 Å².